The van der Waals surface area contributed by atoms with Gasteiger partial charge in [-0.2, -0.15) is 0 Å². The third-order valence-corrected chi connectivity index (χ3v) is 3.68. The van der Waals surface area contributed by atoms with E-state index in [1.807, 2.05) is 19.1 Å². The van der Waals surface area contributed by atoms with Gasteiger partial charge in [-0.3, -0.25) is 0 Å². The lowest BCUT2D eigenvalue weighted by molar-refractivity contribution is -0.158. The molecule has 0 spiro atoms. The fraction of sp³-hybridized carbons (Fsp3) is 0.533. The fourth-order valence-electron chi connectivity index (χ4n) is 2.55. The van der Waals surface area contributed by atoms with E-state index in [4.69, 9.17) is 9.47 Å². The zero-order valence-corrected chi connectivity index (χ0v) is 11.4. The molecule has 0 bridgehead atoms. The summed E-state index contributed by atoms with van der Waals surface area (Å²) in [6.45, 7) is 1.96. The number of carboxylic acids is 1. The molecule has 19 heavy (non-hydrogen) atoms. The second-order valence-corrected chi connectivity index (χ2v) is 5.12. The minimum atomic E-state index is -1.10. The number of hydrogen-bond acceptors (Lipinski definition) is 3. The Morgan fingerprint density at radius 1 is 1.21 bits per heavy atom. The van der Waals surface area contributed by atoms with Gasteiger partial charge in [-0.1, -0.05) is 12.5 Å². The quantitative estimate of drug-likeness (QED) is 0.907. The van der Waals surface area contributed by atoms with Gasteiger partial charge in [0.05, 0.1) is 7.11 Å². The summed E-state index contributed by atoms with van der Waals surface area (Å²) in [6.07, 6.45) is 3.96. The molecule has 1 aromatic carbocycles. The zero-order chi connectivity index (χ0) is 13.9. The molecule has 1 aromatic rings. The number of hydrogen-bond donors (Lipinski definition) is 1. The summed E-state index contributed by atoms with van der Waals surface area (Å²) in [5, 5.41) is 9.50. The molecule has 1 fully saturated rings. The van der Waals surface area contributed by atoms with E-state index in [0.29, 0.717) is 24.3 Å². The van der Waals surface area contributed by atoms with Gasteiger partial charge in [0, 0.05) is 0 Å². The van der Waals surface area contributed by atoms with E-state index in [0.717, 1.165) is 24.8 Å². The van der Waals surface area contributed by atoms with Gasteiger partial charge in [-0.15, -0.1) is 0 Å². The normalized spacial score (nSPS) is 17.8. The van der Waals surface area contributed by atoms with Crippen molar-refractivity contribution < 1.29 is 19.4 Å². The molecule has 0 atom stereocenters. The largest absolute Gasteiger partial charge is 0.493 e. The van der Waals surface area contributed by atoms with Crippen LogP contribution in [0.3, 0.4) is 0 Å². The van der Waals surface area contributed by atoms with Gasteiger partial charge < -0.3 is 14.6 Å². The van der Waals surface area contributed by atoms with Gasteiger partial charge in [0.2, 0.25) is 5.60 Å². The van der Waals surface area contributed by atoms with Gasteiger partial charge in [0.25, 0.3) is 0 Å². The van der Waals surface area contributed by atoms with Crippen molar-refractivity contribution in [2.75, 3.05) is 7.11 Å². The first-order valence-electron chi connectivity index (χ1n) is 6.64. The van der Waals surface area contributed by atoms with Crippen molar-refractivity contribution in [1.29, 1.82) is 0 Å². The number of aryl methyl sites for hydroxylation is 1. The molecule has 1 aliphatic rings. The molecule has 4 heteroatoms. The number of ether oxygens (including phenoxy) is 2. The zero-order valence-electron chi connectivity index (χ0n) is 11.4. The van der Waals surface area contributed by atoms with E-state index in [1.165, 1.54) is 0 Å². The van der Waals surface area contributed by atoms with Crippen molar-refractivity contribution in [2.45, 2.75) is 44.6 Å². The molecule has 0 amide bonds. The Morgan fingerprint density at radius 3 is 2.47 bits per heavy atom. The molecular formula is C15H20O4. The lowest BCUT2D eigenvalue weighted by atomic mass is 9.84. The van der Waals surface area contributed by atoms with E-state index in [-0.39, 0.29) is 0 Å². The summed E-state index contributed by atoms with van der Waals surface area (Å²) >= 11 is 0. The van der Waals surface area contributed by atoms with Crippen LogP contribution in [-0.4, -0.2) is 23.8 Å². The van der Waals surface area contributed by atoms with Crippen LogP contribution < -0.4 is 9.47 Å². The minimum absolute atomic E-state index is 0.511. The summed E-state index contributed by atoms with van der Waals surface area (Å²) in [4.78, 5) is 11.6. The highest BCUT2D eigenvalue weighted by Crippen LogP contribution is 2.37. The Morgan fingerprint density at radius 2 is 1.89 bits per heavy atom. The SMILES string of the molecule is COc1cc(C)ccc1OC1(C(=O)O)CCCCC1. The highest BCUT2D eigenvalue weighted by molar-refractivity contribution is 5.78. The van der Waals surface area contributed by atoms with E-state index in [9.17, 15) is 9.90 Å². The van der Waals surface area contributed by atoms with Crippen molar-refractivity contribution in [3.8, 4) is 11.5 Å². The number of carbonyl (C=O) groups is 1. The van der Waals surface area contributed by atoms with Crippen LogP contribution in [0.25, 0.3) is 0 Å². The van der Waals surface area contributed by atoms with Gasteiger partial charge in [-0.05, 0) is 50.3 Å². The predicted octanol–water partition coefficient (Wildman–Crippen LogP) is 3.17. The second kappa shape index (κ2) is 5.51. The van der Waals surface area contributed by atoms with Gasteiger partial charge in [-0.25, -0.2) is 4.79 Å². The first kappa shape index (κ1) is 13.7. The minimum Gasteiger partial charge on any atom is -0.493 e. The number of carboxylic acid groups (broad SMARTS) is 1. The van der Waals surface area contributed by atoms with Crippen molar-refractivity contribution in [2.24, 2.45) is 0 Å². The van der Waals surface area contributed by atoms with Crippen LogP contribution in [0.4, 0.5) is 0 Å². The first-order chi connectivity index (χ1) is 9.07. The molecule has 0 unspecified atom stereocenters. The van der Waals surface area contributed by atoms with Crippen molar-refractivity contribution in [3.05, 3.63) is 23.8 Å². The lowest BCUT2D eigenvalue weighted by Crippen LogP contribution is -2.46. The van der Waals surface area contributed by atoms with Gasteiger partial charge in [0.1, 0.15) is 0 Å². The Labute approximate surface area is 113 Å². The highest BCUT2D eigenvalue weighted by atomic mass is 16.5. The maximum atomic E-state index is 11.6. The molecule has 2 rings (SSSR count). The molecule has 104 valence electrons. The summed E-state index contributed by atoms with van der Waals surface area (Å²) in [6, 6.07) is 5.54. The topological polar surface area (TPSA) is 55.8 Å². The third-order valence-electron chi connectivity index (χ3n) is 3.68. The molecule has 0 heterocycles. The Balaban J connectivity index is 2.29. The average molecular weight is 264 g/mol. The van der Waals surface area contributed by atoms with Crippen LogP contribution in [0.15, 0.2) is 18.2 Å². The smallest absolute Gasteiger partial charge is 0.348 e. The van der Waals surface area contributed by atoms with Crippen molar-refractivity contribution in [1.82, 2.24) is 0 Å². The highest BCUT2D eigenvalue weighted by Gasteiger charge is 2.42. The second-order valence-electron chi connectivity index (χ2n) is 5.12. The lowest BCUT2D eigenvalue weighted by Gasteiger charge is -2.34. The summed E-state index contributed by atoms with van der Waals surface area (Å²) in [5.41, 5.74) is -0.0435. The maximum absolute atomic E-state index is 11.6. The molecule has 0 aliphatic heterocycles. The monoisotopic (exact) mass is 264 g/mol. The molecular weight excluding hydrogens is 244 g/mol. The van der Waals surface area contributed by atoms with Gasteiger partial charge in [0.15, 0.2) is 11.5 Å². The van der Waals surface area contributed by atoms with E-state index >= 15 is 0 Å². The van der Waals surface area contributed by atoms with Gasteiger partial charge >= 0.3 is 5.97 Å². The molecule has 1 saturated carbocycles. The van der Waals surface area contributed by atoms with Crippen LogP contribution in [0.5, 0.6) is 11.5 Å². The Bertz CT molecular complexity index is 461. The van der Waals surface area contributed by atoms with Crippen LogP contribution in [0, 0.1) is 6.92 Å². The summed E-state index contributed by atoms with van der Waals surface area (Å²) in [7, 11) is 1.57. The van der Waals surface area contributed by atoms with Crippen molar-refractivity contribution in [3.63, 3.8) is 0 Å². The predicted molar refractivity (Wildman–Crippen MR) is 71.8 cm³/mol. The number of benzene rings is 1. The fourth-order valence-corrected chi connectivity index (χ4v) is 2.55. The summed E-state index contributed by atoms with van der Waals surface area (Å²) < 4.78 is 11.1. The van der Waals surface area contributed by atoms with Crippen LogP contribution >= 0.6 is 0 Å². The van der Waals surface area contributed by atoms with Crippen LogP contribution in [0.2, 0.25) is 0 Å². The summed E-state index contributed by atoms with van der Waals surface area (Å²) in [5.74, 6) is 0.221. The van der Waals surface area contributed by atoms with Crippen molar-refractivity contribution >= 4 is 5.97 Å². The number of methoxy groups -OCH3 is 1. The molecule has 0 radical (unpaired) electrons. The molecule has 0 aromatic heterocycles. The first-order valence-corrected chi connectivity index (χ1v) is 6.64. The maximum Gasteiger partial charge on any atom is 0.348 e. The van der Waals surface area contributed by atoms with E-state index in [1.54, 1.807) is 13.2 Å². The van der Waals surface area contributed by atoms with E-state index in [2.05, 4.69) is 0 Å². The molecule has 4 nitrogen and oxygen atoms in total. The molecule has 1 N–H and O–H groups in total. The molecule has 1 aliphatic carbocycles. The molecule has 0 saturated heterocycles. The number of aliphatic carboxylic acids is 1. The van der Waals surface area contributed by atoms with E-state index < -0.39 is 11.6 Å². The number of rotatable bonds is 4. The Kier molecular flexibility index (Phi) is 3.98. The van der Waals surface area contributed by atoms with Crippen LogP contribution in [0.1, 0.15) is 37.7 Å². The average Bonchev–Trinajstić information content (AvgIpc) is 2.41. The third kappa shape index (κ3) is 2.83. The standard InChI is InChI=1S/C15H20O4/c1-11-6-7-12(13(10-11)18-2)19-15(14(16)17)8-4-3-5-9-15/h6-7,10H,3-5,8-9H2,1-2H3,(H,16,17). The Hall–Kier alpha value is -1.71. The van der Waals surface area contributed by atoms with Crippen LogP contribution in [-0.2, 0) is 4.79 Å².